The Hall–Kier alpha value is -1.84. The lowest BCUT2D eigenvalue weighted by Gasteiger charge is -2.20. The second-order valence-corrected chi connectivity index (χ2v) is 5.27. The summed E-state index contributed by atoms with van der Waals surface area (Å²) < 4.78 is 0. The van der Waals surface area contributed by atoms with Crippen LogP contribution in [0.4, 0.5) is 0 Å². The molecule has 1 rings (SSSR count). The van der Waals surface area contributed by atoms with Crippen LogP contribution in [0.1, 0.15) is 37.4 Å². The molecule has 0 aliphatic rings. The predicted molar refractivity (Wildman–Crippen MR) is 76.7 cm³/mol. The van der Waals surface area contributed by atoms with Crippen molar-refractivity contribution in [2.45, 2.75) is 20.8 Å². The maximum atomic E-state index is 12.3. The zero-order valence-corrected chi connectivity index (χ0v) is 12.8. The molecule has 0 unspecified atom stereocenters. The zero-order chi connectivity index (χ0) is 14.9. The number of amides is 2. The number of nitrogens with zero attached hydrogens (tertiary/aromatic N) is 2. The SMILES string of the molecule is Cc1cc(C(=O)N(C)C)c(C)c(C(=O)N(C)C)c1C. The Morgan fingerprint density at radius 1 is 0.842 bits per heavy atom. The molecule has 0 saturated heterocycles. The van der Waals surface area contributed by atoms with Gasteiger partial charge >= 0.3 is 0 Å². The van der Waals surface area contributed by atoms with Crippen LogP contribution in [0.15, 0.2) is 6.07 Å². The van der Waals surface area contributed by atoms with E-state index in [1.54, 1.807) is 33.1 Å². The molecule has 104 valence electrons. The van der Waals surface area contributed by atoms with Crippen LogP contribution in [0.25, 0.3) is 0 Å². The number of hydrogen-bond donors (Lipinski definition) is 0. The van der Waals surface area contributed by atoms with Crippen LogP contribution in [-0.4, -0.2) is 49.8 Å². The molecule has 0 atom stereocenters. The van der Waals surface area contributed by atoms with Crippen molar-refractivity contribution in [3.8, 4) is 0 Å². The standard InChI is InChI=1S/C15H22N2O2/c1-9-8-12(14(18)16(4)5)11(3)13(10(9)2)15(19)17(6)7/h8H,1-7H3. The van der Waals surface area contributed by atoms with Gasteiger partial charge in [0.2, 0.25) is 0 Å². The third-order valence-corrected chi connectivity index (χ3v) is 3.36. The van der Waals surface area contributed by atoms with Crippen LogP contribution in [0, 0.1) is 20.8 Å². The van der Waals surface area contributed by atoms with E-state index in [0.29, 0.717) is 11.1 Å². The summed E-state index contributed by atoms with van der Waals surface area (Å²) in [6.07, 6.45) is 0. The lowest BCUT2D eigenvalue weighted by atomic mass is 9.92. The number of carbonyl (C=O) groups excluding carboxylic acids is 2. The highest BCUT2D eigenvalue weighted by Crippen LogP contribution is 2.24. The van der Waals surface area contributed by atoms with Gasteiger partial charge in [0, 0.05) is 39.3 Å². The lowest BCUT2D eigenvalue weighted by molar-refractivity contribution is 0.0824. The molecule has 0 spiro atoms. The molecule has 4 nitrogen and oxygen atoms in total. The predicted octanol–water partition coefficient (Wildman–Crippen LogP) is 2.02. The smallest absolute Gasteiger partial charge is 0.253 e. The number of carbonyl (C=O) groups is 2. The van der Waals surface area contributed by atoms with Gasteiger partial charge < -0.3 is 9.80 Å². The molecule has 2 amide bonds. The van der Waals surface area contributed by atoms with Gasteiger partial charge in [-0.2, -0.15) is 0 Å². The number of benzene rings is 1. The van der Waals surface area contributed by atoms with Gasteiger partial charge in [0.15, 0.2) is 0 Å². The molecular weight excluding hydrogens is 240 g/mol. The Labute approximate surface area is 115 Å². The average molecular weight is 262 g/mol. The maximum absolute atomic E-state index is 12.3. The fourth-order valence-electron chi connectivity index (χ4n) is 2.05. The summed E-state index contributed by atoms with van der Waals surface area (Å²) in [7, 11) is 6.86. The molecule has 1 aromatic rings. The van der Waals surface area contributed by atoms with Gasteiger partial charge in [-0.1, -0.05) is 0 Å². The van der Waals surface area contributed by atoms with Crippen LogP contribution >= 0.6 is 0 Å². The number of hydrogen-bond acceptors (Lipinski definition) is 2. The first kappa shape index (κ1) is 15.2. The molecule has 0 aromatic heterocycles. The topological polar surface area (TPSA) is 40.6 Å². The van der Waals surface area contributed by atoms with E-state index in [0.717, 1.165) is 16.7 Å². The Balaban J connectivity index is 3.56. The fourth-order valence-corrected chi connectivity index (χ4v) is 2.05. The molecule has 0 bridgehead atoms. The third-order valence-electron chi connectivity index (χ3n) is 3.36. The van der Waals surface area contributed by atoms with E-state index in [9.17, 15) is 9.59 Å². The van der Waals surface area contributed by atoms with Crippen molar-refractivity contribution in [3.05, 3.63) is 33.9 Å². The summed E-state index contributed by atoms with van der Waals surface area (Å²) in [5.74, 6) is -0.139. The van der Waals surface area contributed by atoms with E-state index < -0.39 is 0 Å². The summed E-state index contributed by atoms with van der Waals surface area (Å²) >= 11 is 0. The Morgan fingerprint density at radius 2 is 1.32 bits per heavy atom. The van der Waals surface area contributed by atoms with E-state index in [1.807, 2.05) is 26.8 Å². The van der Waals surface area contributed by atoms with Crippen molar-refractivity contribution in [2.24, 2.45) is 0 Å². The van der Waals surface area contributed by atoms with Gasteiger partial charge in [0.05, 0.1) is 0 Å². The highest BCUT2D eigenvalue weighted by molar-refractivity contribution is 6.03. The third kappa shape index (κ3) is 2.78. The minimum absolute atomic E-state index is 0.0634. The van der Waals surface area contributed by atoms with Crippen LogP contribution in [0.2, 0.25) is 0 Å². The van der Waals surface area contributed by atoms with Crippen molar-refractivity contribution < 1.29 is 9.59 Å². The van der Waals surface area contributed by atoms with Crippen molar-refractivity contribution >= 4 is 11.8 Å². The average Bonchev–Trinajstić information content (AvgIpc) is 2.32. The Kier molecular flexibility index (Phi) is 4.35. The maximum Gasteiger partial charge on any atom is 0.253 e. The number of rotatable bonds is 2. The van der Waals surface area contributed by atoms with Gasteiger partial charge in [0.1, 0.15) is 0 Å². The van der Waals surface area contributed by atoms with Crippen LogP contribution in [0.5, 0.6) is 0 Å². The van der Waals surface area contributed by atoms with Gasteiger partial charge in [-0.05, 0) is 43.5 Å². The molecule has 0 N–H and O–H groups in total. The Bertz CT molecular complexity index is 531. The van der Waals surface area contributed by atoms with Gasteiger partial charge in [-0.25, -0.2) is 0 Å². The molecular formula is C15H22N2O2. The van der Waals surface area contributed by atoms with Crippen molar-refractivity contribution in [1.29, 1.82) is 0 Å². The van der Waals surface area contributed by atoms with E-state index in [-0.39, 0.29) is 11.8 Å². The van der Waals surface area contributed by atoms with E-state index >= 15 is 0 Å². The fraction of sp³-hybridized carbons (Fsp3) is 0.467. The lowest BCUT2D eigenvalue weighted by Crippen LogP contribution is -2.27. The summed E-state index contributed by atoms with van der Waals surface area (Å²) in [5, 5.41) is 0. The largest absolute Gasteiger partial charge is 0.345 e. The molecule has 0 fully saturated rings. The highest BCUT2D eigenvalue weighted by Gasteiger charge is 2.22. The normalized spacial score (nSPS) is 10.3. The summed E-state index contributed by atoms with van der Waals surface area (Å²) in [4.78, 5) is 27.5. The first-order chi connectivity index (χ1) is 8.68. The highest BCUT2D eigenvalue weighted by atomic mass is 16.2. The molecule has 0 radical (unpaired) electrons. The van der Waals surface area contributed by atoms with Gasteiger partial charge in [0.25, 0.3) is 11.8 Å². The van der Waals surface area contributed by atoms with Gasteiger partial charge in [-0.3, -0.25) is 9.59 Å². The molecule has 1 aromatic carbocycles. The van der Waals surface area contributed by atoms with Gasteiger partial charge in [-0.15, -0.1) is 0 Å². The van der Waals surface area contributed by atoms with Crippen molar-refractivity contribution in [1.82, 2.24) is 9.80 Å². The van der Waals surface area contributed by atoms with E-state index in [4.69, 9.17) is 0 Å². The molecule has 0 saturated carbocycles. The summed E-state index contributed by atoms with van der Waals surface area (Å²) in [6, 6.07) is 1.86. The molecule has 0 aliphatic carbocycles. The Morgan fingerprint density at radius 3 is 1.74 bits per heavy atom. The van der Waals surface area contributed by atoms with Crippen molar-refractivity contribution in [3.63, 3.8) is 0 Å². The zero-order valence-electron chi connectivity index (χ0n) is 12.8. The van der Waals surface area contributed by atoms with Crippen LogP contribution in [0.3, 0.4) is 0 Å². The number of aryl methyl sites for hydroxylation is 1. The molecule has 4 heteroatoms. The van der Waals surface area contributed by atoms with Crippen LogP contribution < -0.4 is 0 Å². The first-order valence-electron chi connectivity index (χ1n) is 6.22. The summed E-state index contributed by atoms with van der Waals surface area (Å²) in [5.41, 5.74) is 3.88. The second-order valence-electron chi connectivity index (χ2n) is 5.27. The van der Waals surface area contributed by atoms with E-state index in [1.165, 1.54) is 4.90 Å². The minimum atomic E-state index is -0.0755. The quantitative estimate of drug-likeness (QED) is 0.818. The van der Waals surface area contributed by atoms with Crippen molar-refractivity contribution in [2.75, 3.05) is 28.2 Å². The monoisotopic (exact) mass is 262 g/mol. The first-order valence-corrected chi connectivity index (χ1v) is 6.22. The minimum Gasteiger partial charge on any atom is -0.345 e. The molecule has 0 aliphatic heterocycles. The second kappa shape index (κ2) is 5.43. The summed E-state index contributed by atoms with van der Waals surface area (Å²) in [6.45, 7) is 5.68. The van der Waals surface area contributed by atoms with Crippen LogP contribution in [-0.2, 0) is 0 Å². The molecule has 19 heavy (non-hydrogen) atoms. The van der Waals surface area contributed by atoms with E-state index in [2.05, 4.69) is 0 Å². The molecule has 0 heterocycles.